The number of anilines is 1. The Morgan fingerprint density at radius 3 is 2.56 bits per heavy atom. The Hall–Kier alpha value is -3.24. The van der Waals surface area contributed by atoms with E-state index < -0.39 is 0 Å². The van der Waals surface area contributed by atoms with Crippen LogP contribution in [-0.4, -0.2) is 60.5 Å². The van der Waals surface area contributed by atoms with Gasteiger partial charge in [0.15, 0.2) is 22.5 Å². The second-order valence-electron chi connectivity index (χ2n) is 7.69. The molecule has 1 fully saturated rings. The molecule has 0 saturated carbocycles. The molecule has 0 spiro atoms. The van der Waals surface area contributed by atoms with E-state index in [4.69, 9.17) is 18.9 Å². The van der Waals surface area contributed by atoms with Crippen LogP contribution in [-0.2, 0) is 16.1 Å². The second kappa shape index (κ2) is 11.3. The van der Waals surface area contributed by atoms with Crippen molar-refractivity contribution in [2.45, 2.75) is 30.6 Å². The lowest BCUT2D eigenvalue weighted by molar-refractivity contribution is -0.113. The fraction of sp³-hybridized carbons (Fsp3) is 0.375. The van der Waals surface area contributed by atoms with Crippen molar-refractivity contribution in [1.82, 2.24) is 14.8 Å². The molecule has 1 atom stereocenters. The monoisotopic (exact) mass is 484 g/mol. The molecule has 0 radical (unpaired) electrons. The lowest BCUT2D eigenvalue weighted by Crippen LogP contribution is -2.18. The number of hydrogen-bond donors (Lipinski definition) is 1. The highest BCUT2D eigenvalue weighted by Crippen LogP contribution is 2.31. The van der Waals surface area contributed by atoms with Gasteiger partial charge in [-0.1, -0.05) is 11.8 Å². The molecule has 10 heteroatoms. The number of carbonyl (C=O) groups is 1. The predicted molar refractivity (Wildman–Crippen MR) is 130 cm³/mol. The molecule has 0 bridgehead atoms. The van der Waals surface area contributed by atoms with Crippen LogP contribution >= 0.6 is 11.8 Å². The summed E-state index contributed by atoms with van der Waals surface area (Å²) >= 11 is 1.34. The summed E-state index contributed by atoms with van der Waals surface area (Å²) in [6.07, 6.45) is 2.14. The second-order valence-corrected chi connectivity index (χ2v) is 8.63. The van der Waals surface area contributed by atoms with Crippen molar-refractivity contribution in [2.75, 3.05) is 39.0 Å². The smallest absolute Gasteiger partial charge is 0.234 e. The number of aromatic nitrogens is 3. The van der Waals surface area contributed by atoms with Crippen molar-refractivity contribution >= 4 is 23.4 Å². The number of nitrogens with zero attached hydrogens (tertiary/aromatic N) is 3. The summed E-state index contributed by atoms with van der Waals surface area (Å²) in [6.45, 7) is 1.40. The quantitative estimate of drug-likeness (QED) is 0.433. The molecule has 1 saturated heterocycles. The molecule has 1 aliphatic heterocycles. The van der Waals surface area contributed by atoms with Crippen molar-refractivity contribution in [2.24, 2.45) is 0 Å². The number of hydrogen-bond acceptors (Lipinski definition) is 8. The molecule has 1 unspecified atom stereocenters. The van der Waals surface area contributed by atoms with E-state index >= 15 is 0 Å². The third kappa shape index (κ3) is 5.63. The molecular formula is C24H28N4O5S. The van der Waals surface area contributed by atoms with Crippen LogP contribution in [0.3, 0.4) is 0 Å². The van der Waals surface area contributed by atoms with Gasteiger partial charge < -0.3 is 24.3 Å². The number of methoxy groups -OCH3 is 3. The maximum absolute atomic E-state index is 12.6. The zero-order valence-electron chi connectivity index (χ0n) is 19.4. The largest absolute Gasteiger partial charge is 0.497 e. The van der Waals surface area contributed by atoms with Crippen LogP contribution in [0.4, 0.5) is 5.69 Å². The van der Waals surface area contributed by atoms with Crippen LogP contribution in [0, 0.1) is 0 Å². The Morgan fingerprint density at radius 2 is 1.88 bits per heavy atom. The summed E-state index contributed by atoms with van der Waals surface area (Å²) < 4.78 is 23.7. The van der Waals surface area contributed by atoms with Gasteiger partial charge in [0, 0.05) is 23.9 Å². The minimum Gasteiger partial charge on any atom is -0.497 e. The van der Waals surface area contributed by atoms with Gasteiger partial charge in [-0.25, -0.2) is 0 Å². The highest BCUT2D eigenvalue weighted by Gasteiger charge is 2.22. The molecule has 3 aromatic rings. The number of benzene rings is 2. The van der Waals surface area contributed by atoms with E-state index in [-0.39, 0.29) is 17.8 Å². The van der Waals surface area contributed by atoms with E-state index in [1.165, 1.54) is 11.8 Å². The Kier molecular flexibility index (Phi) is 7.91. The fourth-order valence-corrected chi connectivity index (χ4v) is 4.49. The highest BCUT2D eigenvalue weighted by molar-refractivity contribution is 7.99. The summed E-state index contributed by atoms with van der Waals surface area (Å²) in [7, 11) is 4.76. The standard InChI is InChI=1S/C24H28N4O5S/c1-30-18-9-6-16(7-10-18)23-26-27-24(28(23)14-19-5-4-12-33-19)34-15-22(29)25-17-8-11-20(31-2)21(13-17)32-3/h6-11,13,19H,4-5,12,14-15H2,1-3H3,(H,25,29). The molecular weight excluding hydrogens is 456 g/mol. The van der Waals surface area contributed by atoms with Gasteiger partial charge in [0.2, 0.25) is 5.91 Å². The van der Waals surface area contributed by atoms with E-state index in [1.54, 1.807) is 39.5 Å². The average Bonchev–Trinajstić information content (AvgIpc) is 3.53. The van der Waals surface area contributed by atoms with Gasteiger partial charge in [-0.3, -0.25) is 9.36 Å². The number of nitrogens with one attached hydrogen (secondary N) is 1. The number of thioether (sulfide) groups is 1. The summed E-state index contributed by atoms with van der Waals surface area (Å²) in [5.41, 5.74) is 1.55. The van der Waals surface area contributed by atoms with E-state index in [0.717, 1.165) is 36.6 Å². The molecule has 2 heterocycles. The summed E-state index contributed by atoms with van der Waals surface area (Å²) in [5, 5.41) is 12.4. The Bertz CT molecular complexity index is 1110. The van der Waals surface area contributed by atoms with Crippen LogP contribution in [0.15, 0.2) is 47.6 Å². The Labute approximate surface area is 202 Å². The first kappa shape index (κ1) is 23.9. The van der Waals surface area contributed by atoms with Gasteiger partial charge in [-0.05, 0) is 49.2 Å². The summed E-state index contributed by atoms with van der Waals surface area (Å²) in [6, 6.07) is 12.9. The summed E-state index contributed by atoms with van der Waals surface area (Å²) in [5.74, 6) is 2.68. The maximum atomic E-state index is 12.6. The molecule has 34 heavy (non-hydrogen) atoms. The van der Waals surface area contributed by atoms with E-state index in [1.807, 2.05) is 28.8 Å². The van der Waals surface area contributed by atoms with Crippen LogP contribution in [0.1, 0.15) is 12.8 Å². The van der Waals surface area contributed by atoms with E-state index in [2.05, 4.69) is 15.5 Å². The van der Waals surface area contributed by atoms with Crippen molar-refractivity contribution in [3.05, 3.63) is 42.5 Å². The first-order valence-corrected chi connectivity index (χ1v) is 11.9. The third-order valence-corrected chi connectivity index (χ3v) is 6.44. The van der Waals surface area contributed by atoms with Crippen molar-refractivity contribution < 1.29 is 23.7 Å². The third-order valence-electron chi connectivity index (χ3n) is 5.47. The van der Waals surface area contributed by atoms with Crippen molar-refractivity contribution in [3.63, 3.8) is 0 Å². The molecule has 1 aliphatic rings. The molecule has 4 rings (SSSR count). The minimum atomic E-state index is -0.158. The van der Waals surface area contributed by atoms with Gasteiger partial charge in [0.1, 0.15) is 5.75 Å². The Balaban J connectivity index is 1.48. The van der Waals surface area contributed by atoms with Gasteiger partial charge in [0.25, 0.3) is 0 Å². The van der Waals surface area contributed by atoms with Gasteiger partial charge in [0.05, 0.1) is 39.7 Å². The normalized spacial score (nSPS) is 15.2. The number of ether oxygens (including phenoxy) is 4. The molecule has 0 aliphatic carbocycles. The Morgan fingerprint density at radius 1 is 1.09 bits per heavy atom. The number of carbonyl (C=O) groups excluding carboxylic acids is 1. The first-order valence-electron chi connectivity index (χ1n) is 10.9. The lowest BCUT2D eigenvalue weighted by Gasteiger charge is -2.15. The van der Waals surface area contributed by atoms with Gasteiger partial charge in [-0.2, -0.15) is 0 Å². The van der Waals surface area contributed by atoms with Crippen LogP contribution < -0.4 is 19.5 Å². The van der Waals surface area contributed by atoms with Crippen molar-refractivity contribution in [1.29, 1.82) is 0 Å². The average molecular weight is 485 g/mol. The highest BCUT2D eigenvalue weighted by atomic mass is 32.2. The van der Waals surface area contributed by atoms with Crippen LogP contribution in [0.25, 0.3) is 11.4 Å². The van der Waals surface area contributed by atoms with Crippen molar-refractivity contribution in [3.8, 4) is 28.6 Å². The van der Waals surface area contributed by atoms with E-state index in [9.17, 15) is 4.79 Å². The molecule has 2 aromatic carbocycles. The lowest BCUT2D eigenvalue weighted by atomic mass is 10.2. The predicted octanol–water partition coefficient (Wildman–Crippen LogP) is 3.88. The van der Waals surface area contributed by atoms with Gasteiger partial charge >= 0.3 is 0 Å². The van der Waals surface area contributed by atoms with Crippen LogP contribution in [0.2, 0.25) is 0 Å². The number of rotatable bonds is 10. The number of amides is 1. The maximum Gasteiger partial charge on any atom is 0.234 e. The van der Waals surface area contributed by atoms with E-state index in [0.29, 0.717) is 28.9 Å². The van der Waals surface area contributed by atoms with Crippen LogP contribution in [0.5, 0.6) is 17.2 Å². The SMILES string of the molecule is COc1ccc(-c2nnc(SCC(=O)Nc3ccc(OC)c(OC)c3)n2CC2CCCO2)cc1. The zero-order chi connectivity index (χ0) is 23.9. The molecule has 180 valence electrons. The summed E-state index contributed by atoms with van der Waals surface area (Å²) in [4.78, 5) is 12.6. The molecule has 1 N–H and O–H groups in total. The van der Waals surface area contributed by atoms with Gasteiger partial charge in [-0.15, -0.1) is 10.2 Å². The molecule has 1 aromatic heterocycles. The zero-order valence-corrected chi connectivity index (χ0v) is 20.3. The topological polar surface area (TPSA) is 96.7 Å². The first-order chi connectivity index (χ1) is 16.6. The molecule has 9 nitrogen and oxygen atoms in total. The molecule has 1 amide bonds. The minimum absolute atomic E-state index is 0.105. The fourth-order valence-electron chi connectivity index (χ4n) is 3.75.